The number of nitrogens with one attached hydrogen (secondary N) is 1. The van der Waals surface area contributed by atoms with E-state index in [1.54, 1.807) is 0 Å². The van der Waals surface area contributed by atoms with Crippen LogP contribution >= 0.6 is 0 Å². The Balaban J connectivity index is 1.22. The number of hydrogen-bond donors (Lipinski definition) is 1. The summed E-state index contributed by atoms with van der Waals surface area (Å²) in [7, 11) is 0.825. The van der Waals surface area contributed by atoms with E-state index in [0.29, 0.717) is 0 Å². The lowest BCUT2D eigenvalue weighted by atomic mass is 9.55. The Hall–Kier alpha value is -7.30. The SMILES string of the molecule is Cc1ccc(Nc2cc3c(cc2-c2cc(N(c4ccccc4)c4cccc(-c5ccccc5C)c4)c4c5cc6ccccc6cc5n5c4c2Bc2cc4c(cc2-5)C(C)(C)CCC4(C)C)C(C)(C)CCC3(C)C)cc1. The molecule has 4 heteroatoms. The molecule has 13 rings (SSSR count). The smallest absolute Gasteiger partial charge is 0.198 e. The Kier molecular flexibility index (Phi) is 10.4. The molecule has 0 unspecified atom stereocenters. The third-order valence-electron chi connectivity index (χ3n) is 18.1. The molecule has 2 heterocycles. The molecule has 3 nitrogen and oxygen atoms in total. The van der Waals surface area contributed by atoms with E-state index in [-0.39, 0.29) is 21.7 Å². The number of aryl methyl sites for hydroxylation is 2. The van der Waals surface area contributed by atoms with Gasteiger partial charge in [0.25, 0.3) is 0 Å². The molecule has 2 aliphatic carbocycles. The van der Waals surface area contributed by atoms with Gasteiger partial charge in [0, 0.05) is 44.8 Å². The topological polar surface area (TPSA) is 20.2 Å². The van der Waals surface area contributed by atoms with Crippen LogP contribution in [0.15, 0.2) is 170 Å². The summed E-state index contributed by atoms with van der Waals surface area (Å²) in [6.07, 6.45) is 4.63. The molecule has 0 saturated heterocycles. The zero-order valence-corrected chi connectivity index (χ0v) is 45.1. The number of rotatable bonds is 7. The monoisotopic (exact) mass is 962 g/mol. The fourth-order valence-electron chi connectivity index (χ4n) is 13.4. The fraction of sp³-hybridized carbons (Fsp3) is 0.257. The molecule has 0 atom stereocenters. The molecule has 10 aromatic rings. The van der Waals surface area contributed by atoms with E-state index in [4.69, 9.17) is 0 Å². The van der Waals surface area contributed by atoms with Gasteiger partial charge >= 0.3 is 0 Å². The number of nitrogens with zero attached hydrogens (tertiary/aromatic N) is 2. The molecule has 366 valence electrons. The fourth-order valence-corrected chi connectivity index (χ4v) is 13.4. The average Bonchev–Trinajstić information content (AvgIpc) is 3.73. The van der Waals surface area contributed by atoms with Crippen LogP contribution < -0.4 is 21.1 Å². The highest BCUT2D eigenvalue weighted by Gasteiger charge is 2.41. The molecule has 0 amide bonds. The summed E-state index contributed by atoms with van der Waals surface area (Å²) in [6, 6.07) is 65.1. The van der Waals surface area contributed by atoms with Crippen LogP contribution in [-0.2, 0) is 21.7 Å². The lowest BCUT2D eigenvalue weighted by Gasteiger charge is -2.43. The Bertz CT molecular complexity index is 3920. The van der Waals surface area contributed by atoms with Crippen LogP contribution in [0.4, 0.5) is 28.4 Å². The van der Waals surface area contributed by atoms with E-state index in [2.05, 4.69) is 254 Å². The third kappa shape index (κ3) is 7.37. The van der Waals surface area contributed by atoms with E-state index >= 15 is 0 Å². The van der Waals surface area contributed by atoms with Crippen molar-refractivity contribution in [1.82, 2.24) is 4.57 Å². The van der Waals surface area contributed by atoms with Crippen LogP contribution in [0.25, 0.3) is 60.5 Å². The Morgan fingerprint density at radius 2 is 1.09 bits per heavy atom. The van der Waals surface area contributed by atoms with Crippen molar-refractivity contribution in [3.63, 3.8) is 0 Å². The van der Waals surface area contributed by atoms with Crippen molar-refractivity contribution in [2.45, 2.75) is 117 Å². The predicted octanol–water partition coefficient (Wildman–Crippen LogP) is 17.5. The number of para-hydroxylation sites is 1. The lowest BCUT2D eigenvalue weighted by molar-refractivity contribution is 0.332. The first-order chi connectivity index (χ1) is 35.5. The molecular weight excluding hydrogens is 894 g/mol. The number of benzene rings is 9. The van der Waals surface area contributed by atoms with Crippen molar-refractivity contribution in [2.75, 3.05) is 10.2 Å². The van der Waals surface area contributed by atoms with Gasteiger partial charge in [-0.05, 0) is 195 Å². The van der Waals surface area contributed by atoms with Gasteiger partial charge in [0.15, 0.2) is 7.28 Å². The minimum Gasteiger partial charge on any atom is -0.355 e. The van der Waals surface area contributed by atoms with E-state index in [1.807, 2.05) is 0 Å². The summed E-state index contributed by atoms with van der Waals surface area (Å²) < 4.78 is 2.71. The second kappa shape index (κ2) is 16.6. The maximum atomic E-state index is 4.10. The maximum absolute atomic E-state index is 4.10. The number of anilines is 5. The highest BCUT2D eigenvalue weighted by atomic mass is 15.1. The van der Waals surface area contributed by atoms with Gasteiger partial charge in [0.1, 0.15) is 0 Å². The van der Waals surface area contributed by atoms with Gasteiger partial charge < -0.3 is 14.8 Å². The molecule has 74 heavy (non-hydrogen) atoms. The molecule has 0 radical (unpaired) electrons. The van der Waals surface area contributed by atoms with Crippen molar-refractivity contribution in [3.05, 3.63) is 203 Å². The van der Waals surface area contributed by atoms with Crippen LogP contribution in [0.2, 0.25) is 0 Å². The quantitative estimate of drug-likeness (QED) is 0.161. The van der Waals surface area contributed by atoms with Crippen LogP contribution in [0.5, 0.6) is 0 Å². The molecule has 0 saturated carbocycles. The standard InChI is InChI=1S/C70H68BN3/c1-43-27-29-48(30-28-43)72-60-41-57-55(67(3,4)31-33-69(57,7)8)38-52(60)53-39-63(73(49-23-12-11-13-24-49)50-25-18-22-47(35-50)51-26-17-14-19-44(51)2)64-54-36-45-20-15-16-21-46(45)37-61(54)74-62-42-58-56(40-59(62)71-65(53)66(64)74)68(5,6)32-34-70(58,9)10/h11-30,35-42,71-72H,31-34H2,1-10H3. The second-order valence-electron chi connectivity index (χ2n) is 24.9. The summed E-state index contributed by atoms with van der Waals surface area (Å²) in [4.78, 5) is 2.57. The number of aromatic nitrogens is 1. The molecular formula is C70H68BN3. The average molecular weight is 962 g/mol. The molecule has 0 bridgehead atoms. The molecule has 9 aromatic carbocycles. The van der Waals surface area contributed by atoms with Gasteiger partial charge in [0.05, 0.1) is 16.7 Å². The summed E-state index contributed by atoms with van der Waals surface area (Å²) in [5.74, 6) is 0. The molecule has 1 aliphatic heterocycles. The van der Waals surface area contributed by atoms with Gasteiger partial charge in [-0.3, -0.25) is 0 Å². The van der Waals surface area contributed by atoms with Crippen molar-refractivity contribution < 1.29 is 0 Å². The zero-order valence-electron chi connectivity index (χ0n) is 45.1. The Morgan fingerprint density at radius 1 is 0.500 bits per heavy atom. The first-order valence-corrected chi connectivity index (χ1v) is 27.2. The highest BCUT2D eigenvalue weighted by Crippen LogP contribution is 2.53. The normalized spacial score (nSPS) is 16.6. The highest BCUT2D eigenvalue weighted by molar-refractivity contribution is 6.73. The largest absolute Gasteiger partial charge is 0.355 e. The van der Waals surface area contributed by atoms with Crippen molar-refractivity contribution in [1.29, 1.82) is 0 Å². The molecule has 0 spiro atoms. The van der Waals surface area contributed by atoms with E-state index < -0.39 is 0 Å². The lowest BCUT2D eigenvalue weighted by Crippen LogP contribution is -2.41. The Morgan fingerprint density at radius 3 is 1.78 bits per heavy atom. The first kappa shape index (κ1) is 46.5. The zero-order chi connectivity index (χ0) is 51.1. The molecule has 1 aromatic heterocycles. The molecule has 0 fully saturated rings. The van der Waals surface area contributed by atoms with Crippen molar-refractivity contribution >= 4 is 79.2 Å². The van der Waals surface area contributed by atoms with Gasteiger partial charge in [-0.15, -0.1) is 0 Å². The van der Waals surface area contributed by atoms with Gasteiger partial charge in [-0.2, -0.15) is 0 Å². The number of hydrogen-bond acceptors (Lipinski definition) is 2. The number of fused-ring (bicyclic) bond motifs is 8. The maximum Gasteiger partial charge on any atom is 0.198 e. The van der Waals surface area contributed by atoms with Crippen LogP contribution in [0.1, 0.15) is 114 Å². The third-order valence-corrected chi connectivity index (χ3v) is 18.1. The van der Waals surface area contributed by atoms with Crippen molar-refractivity contribution in [2.24, 2.45) is 0 Å². The summed E-state index contributed by atoms with van der Waals surface area (Å²) >= 11 is 0. The minimum atomic E-state index is -0.00269. The van der Waals surface area contributed by atoms with Gasteiger partial charge in [-0.25, -0.2) is 0 Å². The van der Waals surface area contributed by atoms with Crippen LogP contribution in [0, 0.1) is 13.8 Å². The van der Waals surface area contributed by atoms with Gasteiger partial charge in [-0.1, -0.05) is 163 Å². The van der Waals surface area contributed by atoms with Crippen molar-refractivity contribution in [3.8, 4) is 27.9 Å². The van der Waals surface area contributed by atoms with E-state index in [9.17, 15) is 0 Å². The molecule has 1 N–H and O–H groups in total. The van der Waals surface area contributed by atoms with Gasteiger partial charge in [0.2, 0.25) is 0 Å². The summed E-state index contributed by atoms with van der Waals surface area (Å²) in [6.45, 7) is 24.2. The van der Waals surface area contributed by atoms with E-state index in [1.165, 1.54) is 123 Å². The second-order valence-corrected chi connectivity index (χ2v) is 24.9. The Labute approximate surface area is 439 Å². The summed E-state index contributed by atoms with van der Waals surface area (Å²) in [5.41, 5.74) is 25.9. The predicted molar refractivity (Wildman–Crippen MR) is 320 cm³/mol. The summed E-state index contributed by atoms with van der Waals surface area (Å²) in [5, 5.41) is 9.15. The first-order valence-electron chi connectivity index (χ1n) is 27.2. The minimum absolute atomic E-state index is 0.00269. The van der Waals surface area contributed by atoms with Crippen LogP contribution in [-0.4, -0.2) is 11.8 Å². The van der Waals surface area contributed by atoms with E-state index in [0.717, 1.165) is 42.9 Å². The van der Waals surface area contributed by atoms with Crippen LogP contribution in [0.3, 0.4) is 0 Å². The molecule has 3 aliphatic rings.